The molecule has 0 radical (unpaired) electrons. The quantitative estimate of drug-likeness (QED) is 0.706. The molecule has 0 spiro atoms. The lowest BCUT2D eigenvalue weighted by molar-refractivity contribution is -0.137. The third kappa shape index (κ3) is 5.07. The van der Waals surface area contributed by atoms with Crippen molar-refractivity contribution in [3.8, 4) is 0 Å². The molecule has 8 nitrogen and oxygen atoms in total. The third-order valence-electron chi connectivity index (χ3n) is 1.89. The normalized spacial score (nSPS) is 10.5. The number of likely N-dealkylation sites (N-methyl/N-ethyl adjacent to an activating group) is 1. The van der Waals surface area contributed by atoms with Gasteiger partial charge in [-0.25, -0.2) is 0 Å². The fourth-order valence-electron chi connectivity index (χ4n) is 1.12. The molecule has 1 heterocycles. The second kappa shape index (κ2) is 5.94. The van der Waals surface area contributed by atoms with Crippen LogP contribution in [0.1, 0.15) is 12.3 Å². The number of nitrogens with zero attached hydrogens (tertiary/aromatic N) is 3. The van der Waals surface area contributed by atoms with Crippen LogP contribution in [-0.2, 0) is 9.59 Å². The van der Waals surface area contributed by atoms with Crippen molar-refractivity contribution in [2.24, 2.45) is 0 Å². The molecule has 0 saturated heterocycles. The fourth-order valence-corrected chi connectivity index (χ4v) is 1.12. The second-order valence-electron chi connectivity index (χ2n) is 3.56. The molecule has 1 amide bonds. The number of carbonyl (C=O) groups excluding carboxylic acids is 1. The molecule has 94 valence electrons. The van der Waals surface area contributed by atoms with Crippen molar-refractivity contribution in [2.75, 3.05) is 25.5 Å². The van der Waals surface area contributed by atoms with Gasteiger partial charge in [0, 0.05) is 13.5 Å². The zero-order chi connectivity index (χ0) is 12.8. The number of aryl methyl sites for hydroxylation is 1. The minimum atomic E-state index is -0.898. The molecule has 1 aromatic rings. The predicted octanol–water partition coefficient (Wildman–Crippen LogP) is -0.277. The van der Waals surface area contributed by atoms with Crippen molar-refractivity contribution in [1.82, 2.24) is 15.1 Å². The highest BCUT2D eigenvalue weighted by atomic mass is 16.4. The number of hydrogen-bond acceptors (Lipinski definition) is 6. The Morgan fingerprint density at radius 1 is 1.47 bits per heavy atom. The van der Waals surface area contributed by atoms with Crippen LogP contribution >= 0.6 is 0 Å². The number of carboxylic acid groups (broad SMARTS) is 1. The Morgan fingerprint density at radius 2 is 2.18 bits per heavy atom. The summed E-state index contributed by atoms with van der Waals surface area (Å²) in [5, 5.41) is 18.0. The van der Waals surface area contributed by atoms with Crippen LogP contribution in [0.5, 0.6) is 0 Å². The van der Waals surface area contributed by atoms with Crippen LogP contribution in [0.2, 0.25) is 0 Å². The van der Waals surface area contributed by atoms with E-state index in [2.05, 4.69) is 15.5 Å². The van der Waals surface area contributed by atoms with Crippen molar-refractivity contribution in [3.05, 3.63) is 5.89 Å². The minimum Gasteiger partial charge on any atom is -0.481 e. The van der Waals surface area contributed by atoms with Crippen molar-refractivity contribution < 1.29 is 19.1 Å². The van der Waals surface area contributed by atoms with Gasteiger partial charge < -0.3 is 9.52 Å². The van der Waals surface area contributed by atoms with Crippen LogP contribution < -0.4 is 5.32 Å². The third-order valence-corrected chi connectivity index (χ3v) is 1.89. The number of rotatable bonds is 6. The Balaban J connectivity index is 2.31. The molecule has 0 aliphatic rings. The SMILES string of the molecule is Cc1nnc(NC(=O)CN(C)CCC(=O)O)o1. The molecular formula is C9H14N4O4. The van der Waals surface area contributed by atoms with Crippen LogP contribution in [-0.4, -0.2) is 52.2 Å². The molecule has 0 atom stereocenters. The molecule has 1 aromatic heterocycles. The number of aromatic nitrogens is 2. The van der Waals surface area contributed by atoms with Gasteiger partial charge >= 0.3 is 12.0 Å². The zero-order valence-electron chi connectivity index (χ0n) is 9.63. The first-order valence-corrected chi connectivity index (χ1v) is 4.97. The lowest BCUT2D eigenvalue weighted by Crippen LogP contribution is -2.31. The van der Waals surface area contributed by atoms with Crippen LogP contribution in [0.25, 0.3) is 0 Å². The molecule has 0 bridgehead atoms. The van der Waals surface area contributed by atoms with E-state index in [1.165, 1.54) is 0 Å². The number of nitrogens with one attached hydrogen (secondary N) is 1. The molecule has 17 heavy (non-hydrogen) atoms. The molecule has 0 unspecified atom stereocenters. The van der Waals surface area contributed by atoms with Gasteiger partial charge in [-0.3, -0.25) is 19.8 Å². The minimum absolute atomic E-state index is 0.0105. The Labute approximate surface area is 97.6 Å². The summed E-state index contributed by atoms with van der Waals surface area (Å²) in [7, 11) is 1.65. The fraction of sp³-hybridized carbons (Fsp3) is 0.556. The Bertz CT molecular complexity index is 403. The number of aliphatic carboxylic acids is 1. The number of carbonyl (C=O) groups is 2. The molecule has 8 heteroatoms. The van der Waals surface area contributed by atoms with Gasteiger partial charge in [-0.2, -0.15) is 0 Å². The van der Waals surface area contributed by atoms with E-state index in [0.29, 0.717) is 12.4 Å². The maximum Gasteiger partial charge on any atom is 0.322 e. The summed E-state index contributed by atoms with van der Waals surface area (Å²) in [4.78, 5) is 23.4. The maximum atomic E-state index is 11.4. The van der Waals surface area contributed by atoms with Crippen LogP contribution in [0.3, 0.4) is 0 Å². The van der Waals surface area contributed by atoms with E-state index in [9.17, 15) is 9.59 Å². The van der Waals surface area contributed by atoms with Crippen LogP contribution in [0.4, 0.5) is 6.01 Å². The lowest BCUT2D eigenvalue weighted by atomic mass is 10.4. The number of amides is 1. The van der Waals surface area contributed by atoms with Gasteiger partial charge in [0.2, 0.25) is 11.8 Å². The van der Waals surface area contributed by atoms with Crippen LogP contribution in [0, 0.1) is 6.92 Å². The lowest BCUT2D eigenvalue weighted by Gasteiger charge is -2.13. The first-order valence-electron chi connectivity index (χ1n) is 4.97. The summed E-state index contributed by atoms with van der Waals surface area (Å²) in [6.07, 6.45) is -0.0105. The molecule has 0 saturated carbocycles. The van der Waals surface area contributed by atoms with E-state index in [1.807, 2.05) is 0 Å². The molecule has 2 N–H and O–H groups in total. The van der Waals surface area contributed by atoms with Gasteiger partial charge in [-0.15, -0.1) is 5.10 Å². The second-order valence-corrected chi connectivity index (χ2v) is 3.56. The van der Waals surface area contributed by atoms with E-state index < -0.39 is 5.97 Å². The average molecular weight is 242 g/mol. The Kier molecular flexibility index (Phi) is 4.58. The monoisotopic (exact) mass is 242 g/mol. The van der Waals surface area contributed by atoms with E-state index in [1.54, 1.807) is 18.9 Å². The molecular weight excluding hydrogens is 228 g/mol. The van der Waals surface area contributed by atoms with E-state index in [-0.39, 0.29) is 24.9 Å². The topological polar surface area (TPSA) is 109 Å². The van der Waals surface area contributed by atoms with Gasteiger partial charge in [-0.1, -0.05) is 5.10 Å². The summed E-state index contributed by atoms with van der Waals surface area (Å²) >= 11 is 0. The number of carboxylic acids is 1. The smallest absolute Gasteiger partial charge is 0.322 e. The van der Waals surface area contributed by atoms with Crippen molar-refractivity contribution >= 4 is 17.9 Å². The molecule has 1 rings (SSSR count). The molecule has 0 aliphatic carbocycles. The van der Waals surface area contributed by atoms with E-state index >= 15 is 0 Å². The van der Waals surface area contributed by atoms with Gasteiger partial charge in [0.1, 0.15) is 0 Å². The van der Waals surface area contributed by atoms with Gasteiger partial charge in [-0.05, 0) is 7.05 Å². The first-order chi connectivity index (χ1) is 7.97. The summed E-state index contributed by atoms with van der Waals surface area (Å²) in [6.45, 7) is 1.97. The van der Waals surface area contributed by atoms with Crippen molar-refractivity contribution in [3.63, 3.8) is 0 Å². The molecule has 0 aromatic carbocycles. The van der Waals surface area contributed by atoms with Gasteiger partial charge in [0.15, 0.2) is 0 Å². The van der Waals surface area contributed by atoms with Gasteiger partial charge in [0.25, 0.3) is 0 Å². The highest BCUT2D eigenvalue weighted by Crippen LogP contribution is 2.03. The maximum absolute atomic E-state index is 11.4. The van der Waals surface area contributed by atoms with Crippen molar-refractivity contribution in [1.29, 1.82) is 0 Å². The van der Waals surface area contributed by atoms with Gasteiger partial charge in [0.05, 0.1) is 13.0 Å². The average Bonchev–Trinajstić information content (AvgIpc) is 2.60. The molecule has 0 fully saturated rings. The zero-order valence-corrected chi connectivity index (χ0v) is 9.63. The van der Waals surface area contributed by atoms with E-state index in [4.69, 9.17) is 9.52 Å². The summed E-state index contributed by atoms with van der Waals surface area (Å²) in [6, 6.07) is 0.0409. The standard InChI is InChI=1S/C9H14N4O4/c1-6-11-12-9(17-6)10-7(14)5-13(2)4-3-8(15)16/h3-5H2,1-2H3,(H,15,16)(H,10,12,14). The predicted molar refractivity (Wildman–Crippen MR) is 57.4 cm³/mol. The van der Waals surface area contributed by atoms with Crippen LogP contribution in [0.15, 0.2) is 4.42 Å². The summed E-state index contributed by atoms with van der Waals surface area (Å²) in [5.74, 6) is -0.870. The Hall–Kier alpha value is -1.96. The summed E-state index contributed by atoms with van der Waals surface area (Å²) in [5.41, 5.74) is 0. The number of anilines is 1. The highest BCUT2D eigenvalue weighted by molar-refractivity contribution is 5.90. The highest BCUT2D eigenvalue weighted by Gasteiger charge is 2.11. The Morgan fingerprint density at radius 3 is 2.71 bits per heavy atom. The molecule has 0 aliphatic heterocycles. The number of hydrogen-bond donors (Lipinski definition) is 2. The van der Waals surface area contributed by atoms with Crippen molar-refractivity contribution in [2.45, 2.75) is 13.3 Å². The first kappa shape index (κ1) is 13.1. The summed E-state index contributed by atoms with van der Waals surface area (Å²) < 4.78 is 4.97. The van der Waals surface area contributed by atoms with E-state index in [0.717, 1.165) is 0 Å². The largest absolute Gasteiger partial charge is 0.481 e.